The maximum absolute atomic E-state index is 13.9. The molecule has 1 aliphatic rings. The summed E-state index contributed by atoms with van der Waals surface area (Å²) in [7, 11) is 1.71. The summed E-state index contributed by atoms with van der Waals surface area (Å²) in [4.78, 5) is 12.7. The molecule has 1 fully saturated rings. The Labute approximate surface area is 104 Å². The molecule has 1 aliphatic heterocycles. The number of carbonyl (C=O) groups excluding carboxylic acids is 1. The number of halogens is 2. The highest BCUT2D eigenvalue weighted by Crippen LogP contribution is 2.25. The summed E-state index contributed by atoms with van der Waals surface area (Å²) in [6.45, 7) is 1.19. The summed E-state index contributed by atoms with van der Waals surface area (Å²) < 4.78 is 27.8. The Bertz CT molecular complexity index is 442. The molecule has 0 aliphatic carbocycles. The third kappa shape index (κ3) is 2.59. The molecule has 0 saturated carbocycles. The number of carbonyl (C=O) groups is 1. The highest BCUT2D eigenvalue weighted by atomic mass is 19.1. The molecule has 0 aromatic heterocycles. The Morgan fingerprint density at radius 1 is 1.39 bits per heavy atom. The number of amides is 1. The average Bonchev–Trinajstić information content (AvgIpc) is 2.28. The van der Waals surface area contributed by atoms with Crippen LogP contribution < -0.4 is 15.5 Å². The molecule has 98 valence electrons. The van der Waals surface area contributed by atoms with Crippen molar-refractivity contribution in [1.82, 2.24) is 10.6 Å². The number of benzene rings is 1. The number of hydrogen-bond donors (Lipinski definition) is 2. The predicted molar refractivity (Wildman–Crippen MR) is 64.3 cm³/mol. The molecule has 6 heteroatoms. The fraction of sp³-hybridized carbons (Fsp3) is 0.417. The first-order valence-corrected chi connectivity index (χ1v) is 5.76. The van der Waals surface area contributed by atoms with Crippen LogP contribution in [0.4, 0.5) is 14.5 Å². The molecule has 0 spiro atoms. The van der Waals surface area contributed by atoms with Crippen LogP contribution >= 0.6 is 0 Å². The summed E-state index contributed by atoms with van der Waals surface area (Å²) >= 11 is 0. The zero-order valence-electron chi connectivity index (χ0n) is 10.1. The van der Waals surface area contributed by atoms with Crippen molar-refractivity contribution in [3.8, 4) is 0 Å². The summed E-state index contributed by atoms with van der Waals surface area (Å²) in [5.74, 6) is -1.48. The van der Waals surface area contributed by atoms with E-state index in [-0.39, 0.29) is 18.1 Å². The zero-order valence-corrected chi connectivity index (χ0v) is 10.1. The van der Waals surface area contributed by atoms with Gasteiger partial charge in [-0.2, -0.15) is 0 Å². The van der Waals surface area contributed by atoms with Crippen molar-refractivity contribution in [1.29, 1.82) is 0 Å². The van der Waals surface area contributed by atoms with Crippen molar-refractivity contribution in [2.45, 2.75) is 6.54 Å². The molecule has 4 nitrogen and oxygen atoms in total. The van der Waals surface area contributed by atoms with Crippen LogP contribution in [0.2, 0.25) is 0 Å². The van der Waals surface area contributed by atoms with Crippen LogP contribution in [0.25, 0.3) is 0 Å². The van der Waals surface area contributed by atoms with Gasteiger partial charge in [0.1, 0.15) is 17.3 Å². The third-order valence-electron chi connectivity index (χ3n) is 2.81. The van der Waals surface area contributed by atoms with Gasteiger partial charge in [-0.15, -0.1) is 0 Å². The maximum atomic E-state index is 13.9. The number of nitrogens with one attached hydrogen (secondary N) is 2. The molecule has 18 heavy (non-hydrogen) atoms. The second-order valence-corrected chi connectivity index (χ2v) is 4.21. The summed E-state index contributed by atoms with van der Waals surface area (Å²) in [5, 5.41) is 5.45. The molecule has 0 atom stereocenters. The zero-order chi connectivity index (χ0) is 13.1. The Balaban J connectivity index is 2.29. The monoisotopic (exact) mass is 255 g/mol. The SMILES string of the molecule is CNCc1cc(F)c(N2CCNC(=O)C2)c(F)c1. The first-order valence-electron chi connectivity index (χ1n) is 5.76. The Hall–Kier alpha value is -1.69. The number of rotatable bonds is 3. The van der Waals surface area contributed by atoms with Gasteiger partial charge in [0, 0.05) is 19.6 Å². The fourth-order valence-corrected chi connectivity index (χ4v) is 2.06. The van der Waals surface area contributed by atoms with E-state index in [9.17, 15) is 13.6 Å². The van der Waals surface area contributed by atoms with E-state index in [0.717, 1.165) is 0 Å². The topological polar surface area (TPSA) is 44.4 Å². The standard InChI is InChI=1S/C12H15F2N3O/c1-15-6-8-4-9(13)12(10(14)5-8)17-3-2-16-11(18)7-17/h4-5,15H,2-3,6-7H2,1H3,(H,16,18). The number of piperazine rings is 1. The molecule has 1 amide bonds. The highest BCUT2D eigenvalue weighted by Gasteiger charge is 2.23. The van der Waals surface area contributed by atoms with Crippen LogP contribution in [0.1, 0.15) is 5.56 Å². The van der Waals surface area contributed by atoms with E-state index >= 15 is 0 Å². The second-order valence-electron chi connectivity index (χ2n) is 4.21. The smallest absolute Gasteiger partial charge is 0.239 e. The van der Waals surface area contributed by atoms with Crippen LogP contribution in [0, 0.1) is 11.6 Å². The van der Waals surface area contributed by atoms with E-state index in [0.29, 0.717) is 25.2 Å². The van der Waals surface area contributed by atoms with Crippen molar-refractivity contribution in [3.63, 3.8) is 0 Å². The Morgan fingerprint density at radius 2 is 2.06 bits per heavy atom. The lowest BCUT2D eigenvalue weighted by Gasteiger charge is -2.29. The number of nitrogens with zero attached hydrogens (tertiary/aromatic N) is 1. The van der Waals surface area contributed by atoms with Gasteiger partial charge in [0.05, 0.1) is 6.54 Å². The molecular formula is C12H15F2N3O. The minimum atomic E-state index is -0.630. The van der Waals surface area contributed by atoms with Crippen molar-refractivity contribution < 1.29 is 13.6 Å². The van der Waals surface area contributed by atoms with Gasteiger partial charge in [0.25, 0.3) is 0 Å². The van der Waals surface area contributed by atoms with Gasteiger partial charge in [-0.1, -0.05) is 0 Å². The van der Waals surface area contributed by atoms with Gasteiger partial charge in [0.2, 0.25) is 5.91 Å². The number of hydrogen-bond acceptors (Lipinski definition) is 3. The van der Waals surface area contributed by atoms with Crippen molar-refractivity contribution in [3.05, 3.63) is 29.3 Å². The quantitative estimate of drug-likeness (QED) is 0.832. The van der Waals surface area contributed by atoms with Crippen LogP contribution in [0.5, 0.6) is 0 Å². The number of anilines is 1. The molecule has 0 bridgehead atoms. The van der Waals surface area contributed by atoms with E-state index in [1.807, 2.05) is 0 Å². The first-order chi connectivity index (χ1) is 8.61. The van der Waals surface area contributed by atoms with Gasteiger partial charge in [-0.05, 0) is 24.7 Å². The Kier molecular flexibility index (Phi) is 3.76. The van der Waals surface area contributed by atoms with Crippen LogP contribution in [-0.2, 0) is 11.3 Å². The van der Waals surface area contributed by atoms with Gasteiger partial charge in [0.15, 0.2) is 0 Å². The minimum Gasteiger partial charge on any atom is -0.356 e. The van der Waals surface area contributed by atoms with E-state index in [2.05, 4.69) is 10.6 Å². The molecule has 2 N–H and O–H groups in total. The highest BCUT2D eigenvalue weighted by molar-refractivity contribution is 5.82. The van der Waals surface area contributed by atoms with Gasteiger partial charge < -0.3 is 15.5 Å². The lowest BCUT2D eigenvalue weighted by atomic mass is 10.1. The third-order valence-corrected chi connectivity index (χ3v) is 2.81. The van der Waals surface area contributed by atoms with Crippen LogP contribution in [-0.4, -0.2) is 32.6 Å². The van der Waals surface area contributed by atoms with Crippen LogP contribution in [0.15, 0.2) is 12.1 Å². The summed E-state index contributed by atoms with van der Waals surface area (Å²) in [6, 6.07) is 2.59. The minimum absolute atomic E-state index is 0.0147. The fourth-order valence-electron chi connectivity index (χ4n) is 2.06. The van der Waals surface area contributed by atoms with Crippen LogP contribution in [0.3, 0.4) is 0 Å². The first kappa shape index (κ1) is 12.8. The molecule has 1 heterocycles. The van der Waals surface area contributed by atoms with E-state index in [1.54, 1.807) is 7.05 Å². The Morgan fingerprint density at radius 3 is 2.61 bits per heavy atom. The predicted octanol–water partition coefficient (Wildman–Crippen LogP) is 0.620. The second kappa shape index (κ2) is 5.30. The lowest BCUT2D eigenvalue weighted by Crippen LogP contribution is -2.48. The molecule has 0 radical (unpaired) electrons. The average molecular weight is 255 g/mol. The molecule has 0 unspecified atom stereocenters. The molecule has 1 aromatic carbocycles. The summed E-state index contributed by atoms with van der Waals surface area (Å²) in [6.07, 6.45) is 0. The van der Waals surface area contributed by atoms with Gasteiger partial charge in [-0.25, -0.2) is 8.78 Å². The summed E-state index contributed by atoms with van der Waals surface area (Å²) in [5.41, 5.74) is 0.419. The molecular weight excluding hydrogens is 240 g/mol. The van der Waals surface area contributed by atoms with Gasteiger partial charge >= 0.3 is 0 Å². The largest absolute Gasteiger partial charge is 0.356 e. The van der Waals surface area contributed by atoms with Crippen molar-refractivity contribution in [2.75, 3.05) is 31.6 Å². The van der Waals surface area contributed by atoms with Crippen molar-refractivity contribution >= 4 is 11.6 Å². The molecule has 1 aromatic rings. The normalized spacial score (nSPS) is 15.7. The van der Waals surface area contributed by atoms with E-state index < -0.39 is 11.6 Å². The molecule has 1 saturated heterocycles. The van der Waals surface area contributed by atoms with E-state index in [4.69, 9.17) is 0 Å². The maximum Gasteiger partial charge on any atom is 0.239 e. The van der Waals surface area contributed by atoms with Crippen molar-refractivity contribution in [2.24, 2.45) is 0 Å². The van der Waals surface area contributed by atoms with E-state index in [1.165, 1.54) is 17.0 Å². The van der Waals surface area contributed by atoms with Gasteiger partial charge in [-0.3, -0.25) is 4.79 Å². The molecule has 2 rings (SSSR count). The lowest BCUT2D eigenvalue weighted by molar-refractivity contribution is -0.120.